The molecule has 0 aliphatic rings. The number of H-pyrrole nitrogens is 1. The van der Waals surface area contributed by atoms with E-state index in [1.807, 2.05) is 0 Å². The SMILES string of the molecule is N#Cc1c(C(F)F)cc(-c2ccccn2)[nH]c1=S. The van der Waals surface area contributed by atoms with Crippen LogP contribution in [0.25, 0.3) is 11.4 Å². The molecule has 0 aromatic carbocycles. The summed E-state index contributed by atoms with van der Waals surface area (Å²) in [5.41, 5.74) is 0.298. The molecule has 0 saturated heterocycles. The number of aromatic nitrogens is 2. The first-order valence-electron chi connectivity index (χ1n) is 5.00. The molecule has 0 aliphatic heterocycles. The molecule has 0 unspecified atom stereocenters. The van der Waals surface area contributed by atoms with Crippen molar-refractivity contribution in [1.29, 1.82) is 5.26 Å². The highest BCUT2D eigenvalue weighted by Gasteiger charge is 2.16. The molecule has 2 aromatic rings. The predicted molar refractivity (Wildman–Crippen MR) is 64.5 cm³/mol. The maximum Gasteiger partial charge on any atom is 0.265 e. The van der Waals surface area contributed by atoms with Crippen molar-refractivity contribution in [1.82, 2.24) is 9.97 Å². The molecule has 3 nitrogen and oxygen atoms in total. The molecule has 2 rings (SSSR count). The molecule has 0 amide bonds. The summed E-state index contributed by atoms with van der Waals surface area (Å²) >= 11 is 4.91. The van der Waals surface area contributed by atoms with Crippen LogP contribution >= 0.6 is 12.2 Å². The van der Waals surface area contributed by atoms with Crippen LogP contribution in [0.1, 0.15) is 17.6 Å². The van der Waals surface area contributed by atoms with E-state index in [1.165, 1.54) is 6.07 Å². The Bertz CT molecular complexity index is 659. The van der Waals surface area contributed by atoms with Gasteiger partial charge in [-0.3, -0.25) is 4.98 Å². The maximum atomic E-state index is 12.9. The molecule has 0 spiro atoms. The molecule has 0 atom stereocenters. The van der Waals surface area contributed by atoms with Crippen molar-refractivity contribution in [2.75, 3.05) is 0 Å². The lowest BCUT2D eigenvalue weighted by atomic mass is 10.1. The van der Waals surface area contributed by atoms with Gasteiger partial charge in [0.05, 0.1) is 17.0 Å². The summed E-state index contributed by atoms with van der Waals surface area (Å²) in [5.74, 6) is 0. The standard InChI is InChI=1S/C12H7F2N3S/c13-11(14)7-5-10(9-3-1-2-4-16-9)17-12(18)8(7)6-15/h1-5,11H,(H,17,18). The van der Waals surface area contributed by atoms with Crippen LogP contribution in [0.3, 0.4) is 0 Å². The maximum absolute atomic E-state index is 12.9. The van der Waals surface area contributed by atoms with E-state index in [0.29, 0.717) is 11.4 Å². The number of alkyl halides is 2. The number of nitrogens with zero attached hydrogens (tertiary/aromatic N) is 2. The van der Waals surface area contributed by atoms with E-state index in [1.54, 1.807) is 30.5 Å². The van der Waals surface area contributed by atoms with Crippen LogP contribution in [0.4, 0.5) is 8.78 Å². The Morgan fingerprint density at radius 3 is 2.72 bits per heavy atom. The molecule has 2 heterocycles. The molecule has 0 aliphatic carbocycles. The van der Waals surface area contributed by atoms with Crippen LogP contribution < -0.4 is 0 Å². The number of rotatable bonds is 2. The average molecular weight is 263 g/mol. The third-order valence-corrected chi connectivity index (χ3v) is 2.66. The third kappa shape index (κ3) is 2.26. The van der Waals surface area contributed by atoms with Crippen LogP contribution in [0.5, 0.6) is 0 Å². The fourth-order valence-corrected chi connectivity index (χ4v) is 1.80. The summed E-state index contributed by atoms with van der Waals surface area (Å²) in [7, 11) is 0. The number of nitrogens with one attached hydrogen (secondary N) is 1. The zero-order chi connectivity index (χ0) is 13.1. The highest BCUT2D eigenvalue weighted by atomic mass is 32.1. The number of hydrogen-bond donors (Lipinski definition) is 1. The van der Waals surface area contributed by atoms with E-state index in [-0.39, 0.29) is 15.8 Å². The van der Waals surface area contributed by atoms with Gasteiger partial charge in [0.25, 0.3) is 6.43 Å². The van der Waals surface area contributed by atoms with E-state index in [0.717, 1.165) is 0 Å². The van der Waals surface area contributed by atoms with Gasteiger partial charge in [0, 0.05) is 11.8 Å². The topological polar surface area (TPSA) is 52.5 Å². The Kier molecular flexibility index (Phi) is 3.44. The molecule has 0 fully saturated rings. The smallest absolute Gasteiger partial charge is 0.265 e. The summed E-state index contributed by atoms with van der Waals surface area (Å²) in [6.07, 6.45) is -1.20. The number of halogens is 2. The van der Waals surface area contributed by atoms with Crippen molar-refractivity contribution in [2.24, 2.45) is 0 Å². The number of aromatic amines is 1. The molecule has 90 valence electrons. The van der Waals surface area contributed by atoms with Crippen LogP contribution in [0.15, 0.2) is 30.5 Å². The lowest BCUT2D eigenvalue weighted by Crippen LogP contribution is -1.97. The zero-order valence-electron chi connectivity index (χ0n) is 9.02. The van der Waals surface area contributed by atoms with Crippen molar-refractivity contribution in [2.45, 2.75) is 6.43 Å². The minimum Gasteiger partial charge on any atom is -0.344 e. The summed E-state index contributed by atoms with van der Waals surface area (Å²) in [6, 6.07) is 8.02. The first-order chi connectivity index (χ1) is 8.63. The van der Waals surface area contributed by atoms with Gasteiger partial charge >= 0.3 is 0 Å². The lowest BCUT2D eigenvalue weighted by Gasteiger charge is -2.07. The highest BCUT2D eigenvalue weighted by molar-refractivity contribution is 7.71. The van der Waals surface area contributed by atoms with Gasteiger partial charge < -0.3 is 4.98 Å². The van der Waals surface area contributed by atoms with Crippen LogP contribution in [0, 0.1) is 16.0 Å². The van der Waals surface area contributed by atoms with Gasteiger partial charge in [-0.2, -0.15) is 5.26 Å². The average Bonchev–Trinajstić information content (AvgIpc) is 2.38. The number of pyridine rings is 2. The Morgan fingerprint density at radius 1 is 1.39 bits per heavy atom. The normalized spacial score (nSPS) is 10.3. The first-order valence-corrected chi connectivity index (χ1v) is 5.41. The van der Waals surface area contributed by atoms with E-state index in [9.17, 15) is 8.78 Å². The predicted octanol–water partition coefficient (Wildman–Crippen LogP) is 3.62. The van der Waals surface area contributed by atoms with Crippen molar-refractivity contribution < 1.29 is 8.78 Å². The highest BCUT2D eigenvalue weighted by Crippen LogP contribution is 2.26. The fourth-order valence-electron chi connectivity index (χ4n) is 1.53. The molecule has 1 N–H and O–H groups in total. The second-order valence-corrected chi connectivity index (χ2v) is 3.88. The number of hydrogen-bond acceptors (Lipinski definition) is 3. The largest absolute Gasteiger partial charge is 0.344 e. The molecule has 0 bridgehead atoms. The van der Waals surface area contributed by atoms with Gasteiger partial charge in [0.1, 0.15) is 10.7 Å². The van der Waals surface area contributed by atoms with Gasteiger partial charge in [0.2, 0.25) is 0 Å². The van der Waals surface area contributed by atoms with E-state index in [4.69, 9.17) is 17.5 Å². The minimum absolute atomic E-state index is 0.00375. The van der Waals surface area contributed by atoms with E-state index >= 15 is 0 Å². The third-order valence-electron chi connectivity index (χ3n) is 2.35. The van der Waals surface area contributed by atoms with Crippen LogP contribution in [0.2, 0.25) is 0 Å². The van der Waals surface area contributed by atoms with Gasteiger partial charge in [-0.1, -0.05) is 18.3 Å². The summed E-state index contributed by atoms with van der Waals surface area (Å²) in [4.78, 5) is 6.78. The minimum atomic E-state index is -2.75. The molecular formula is C12H7F2N3S. The Balaban J connectivity index is 2.67. The van der Waals surface area contributed by atoms with E-state index in [2.05, 4.69) is 9.97 Å². The van der Waals surface area contributed by atoms with Crippen LogP contribution in [-0.2, 0) is 0 Å². The van der Waals surface area contributed by atoms with Crippen molar-refractivity contribution in [3.63, 3.8) is 0 Å². The molecule has 18 heavy (non-hydrogen) atoms. The van der Waals surface area contributed by atoms with E-state index < -0.39 is 6.43 Å². The van der Waals surface area contributed by atoms with Crippen LogP contribution in [-0.4, -0.2) is 9.97 Å². The quantitative estimate of drug-likeness (QED) is 0.842. The number of nitriles is 1. The van der Waals surface area contributed by atoms with Gasteiger partial charge in [-0.15, -0.1) is 0 Å². The van der Waals surface area contributed by atoms with Crippen molar-refractivity contribution in [3.8, 4) is 17.5 Å². The Hall–Kier alpha value is -2.13. The molecule has 0 saturated carbocycles. The molecular weight excluding hydrogens is 256 g/mol. The molecule has 6 heteroatoms. The lowest BCUT2D eigenvalue weighted by molar-refractivity contribution is 0.151. The van der Waals surface area contributed by atoms with Gasteiger partial charge in [0.15, 0.2) is 0 Å². The summed E-state index contributed by atoms with van der Waals surface area (Å²) in [6.45, 7) is 0. The van der Waals surface area contributed by atoms with Gasteiger partial charge in [-0.25, -0.2) is 8.78 Å². The Morgan fingerprint density at radius 2 is 2.17 bits per heavy atom. The zero-order valence-corrected chi connectivity index (χ0v) is 9.84. The second-order valence-electron chi connectivity index (χ2n) is 3.47. The fraction of sp³-hybridized carbons (Fsp3) is 0.0833. The van der Waals surface area contributed by atoms with Gasteiger partial charge in [-0.05, 0) is 18.2 Å². The monoisotopic (exact) mass is 263 g/mol. The summed E-state index contributed by atoms with van der Waals surface area (Å²) < 4.78 is 25.7. The molecule has 2 aromatic heterocycles. The van der Waals surface area contributed by atoms with Crippen molar-refractivity contribution >= 4 is 12.2 Å². The Labute approximate surface area is 107 Å². The second kappa shape index (κ2) is 5.02. The molecule has 0 radical (unpaired) electrons. The van der Waals surface area contributed by atoms with Crippen molar-refractivity contribution in [3.05, 3.63) is 46.2 Å². The first kappa shape index (κ1) is 12.3. The summed E-state index contributed by atoms with van der Waals surface area (Å²) in [5, 5.41) is 8.82.